The van der Waals surface area contributed by atoms with E-state index in [9.17, 15) is 31.4 Å². The number of piperidine rings is 2. The van der Waals surface area contributed by atoms with E-state index in [-0.39, 0.29) is 35.1 Å². The van der Waals surface area contributed by atoms with Gasteiger partial charge in [-0.2, -0.15) is 0 Å². The van der Waals surface area contributed by atoms with E-state index in [4.69, 9.17) is 18.9 Å². The highest BCUT2D eigenvalue weighted by Crippen LogP contribution is 2.31. The van der Waals surface area contributed by atoms with Crippen LogP contribution in [0.3, 0.4) is 0 Å². The second kappa shape index (κ2) is 17.1. The summed E-state index contributed by atoms with van der Waals surface area (Å²) in [6.07, 6.45) is -6.07. The Morgan fingerprint density at radius 1 is 0.582 bits per heavy atom. The molecule has 55 heavy (non-hydrogen) atoms. The highest BCUT2D eigenvalue weighted by molar-refractivity contribution is 5.50. The van der Waals surface area contributed by atoms with Crippen molar-refractivity contribution < 1.29 is 59.9 Å². The van der Waals surface area contributed by atoms with E-state index in [1.807, 2.05) is 43.3 Å². The van der Waals surface area contributed by atoms with Gasteiger partial charge in [0.15, 0.2) is 0 Å². The molecule has 0 aromatic heterocycles. The number of rotatable bonds is 11. The number of halogens is 6. The number of benzene rings is 4. The predicted octanol–water partition coefficient (Wildman–Crippen LogP) is 9.14. The van der Waals surface area contributed by atoms with Crippen LogP contribution in [0.5, 0.6) is 34.5 Å². The smallest absolute Gasteiger partial charge is 0.508 e. The third kappa shape index (κ3) is 12.7. The number of epoxide rings is 1. The highest BCUT2D eigenvalue weighted by atomic mass is 19.4. The minimum absolute atomic E-state index is 0.0164. The molecule has 15 heteroatoms. The average Bonchev–Trinajstić information content (AvgIpc) is 3.90. The molecule has 3 aliphatic heterocycles. The average molecular weight is 777 g/mol. The lowest BCUT2D eigenvalue weighted by molar-refractivity contribution is -0.275. The molecule has 3 fully saturated rings. The summed E-state index contributed by atoms with van der Waals surface area (Å²) in [6, 6.07) is 26.0. The second-order valence-electron chi connectivity index (χ2n) is 13.7. The Morgan fingerprint density at radius 2 is 0.927 bits per heavy atom. The number of hydrogen-bond acceptors (Lipinski definition) is 9. The van der Waals surface area contributed by atoms with Crippen molar-refractivity contribution in [2.75, 3.05) is 49.2 Å². The van der Waals surface area contributed by atoms with Gasteiger partial charge in [0.1, 0.15) is 58.9 Å². The molecule has 7 rings (SSSR count). The van der Waals surface area contributed by atoms with Gasteiger partial charge in [0.05, 0.1) is 6.61 Å². The molecule has 0 saturated carbocycles. The zero-order valence-electron chi connectivity index (χ0n) is 30.0. The molecule has 3 saturated heterocycles. The molecule has 0 amide bonds. The molecule has 0 bridgehead atoms. The van der Waals surface area contributed by atoms with E-state index in [2.05, 4.69) is 19.3 Å². The predicted molar refractivity (Wildman–Crippen MR) is 192 cm³/mol. The fourth-order valence-corrected chi connectivity index (χ4v) is 6.15. The fourth-order valence-electron chi connectivity index (χ4n) is 6.15. The van der Waals surface area contributed by atoms with Crippen LogP contribution in [-0.4, -0.2) is 75.0 Å². The summed E-state index contributed by atoms with van der Waals surface area (Å²) in [7, 11) is 0. The van der Waals surface area contributed by atoms with Gasteiger partial charge in [-0.15, -0.1) is 26.3 Å². The number of aromatic hydroxyl groups is 1. The number of hydrogen-bond donors (Lipinski definition) is 1. The van der Waals surface area contributed by atoms with Crippen LogP contribution >= 0.6 is 0 Å². The molecule has 4 aromatic carbocycles. The molecule has 1 atom stereocenters. The van der Waals surface area contributed by atoms with Crippen molar-refractivity contribution in [3.63, 3.8) is 0 Å². The van der Waals surface area contributed by atoms with Crippen LogP contribution in [0.4, 0.5) is 37.7 Å². The summed E-state index contributed by atoms with van der Waals surface area (Å²) >= 11 is 0. The molecule has 0 spiro atoms. The van der Waals surface area contributed by atoms with Crippen LogP contribution in [0.25, 0.3) is 0 Å². The normalized spacial score (nSPS) is 19.2. The maximum absolute atomic E-state index is 12.2. The van der Waals surface area contributed by atoms with Crippen LogP contribution < -0.4 is 33.5 Å². The maximum atomic E-state index is 12.2. The second-order valence-corrected chi connectivity index (χ2v) is 13.7. The fraction of sp³-hybridized carbons (Fsp3) is 0.400. The quantitative estimate of drug-likeness (QED) is 0.118. The van der Waals surface area contributed by atoms with Gasteiger partial charge in [-0.25, -0.2) is 0 Å². The number of phenolic OH excluding ortho intramolecular Hbond substituents is 1. The topological polar surface area (TPSA) is 85.4 Å². The highest BCUT2D eigenvalue weighted by Gasteiger charge is 2.40. The number of anilines is 2. The van der Waals surface area contributed by atoms with E-state index in [1.54, 1.807) is 12.1 Å². The molecule has 0 aliphatic carbocycles. The summed E-state index contributed by atoms with van der Waals surface area (Å²) in [5.41, 5.74) is 2.04. The van der Waals surface area contributed by atoms with Gasteiger partial charge in [0.25, 0.3) is 0 Å². The van der Waals surface area contributed by atoms with E-state index in [1.165, 1.54) is 48.5 Å². The Kier molecular flexibility index (Phi) is 12.3. The van der Waals surface area contributed by atoms with Crippen LogP contribution in [0, 0.1) is 0 Å². The molecular weight excluding hydrogens is 734 g/mol. The van der Waals surface area contributed by atoms with E-state index in [0.29, 0.717) is 18.1 Å². The summed E-state index contributed by atoms with van der Waals surface area (Å²) in [5, 5.41) is 9.33. The minimum atomic E-state index is -4.69. The van der Waals surface area contributed by atoms with Gasteiger partial charge in [0, 0.05) is 63.2 Å². The van der Waals surface area contributed by atoms with Crippen LogP contribution in [0.1, 0.15) is 32.6 Å². The van der Waals surface area contributed by atoms with E-state index < -0.39 is 12.7 Å². The molecular formula is C40H42F6N2O7. The van der Waals surface area contributed by atoms with Crippen molar-refractivity contribution in [3.05, 3.63) is 97.1 Å². The van der Waals surface area contributed by atoms with Gasteiger partial charge in [0.2, 0.25) is 0 Å². The largest absolute Gasteiger partial charge is 0.573 e. The summed E-state index contributed by atoms with van der Waals surface area (Å²) in [4.78, 5) is 4.49. The van der Waals surface area contributed by atoms with Gasteiger partial charge < -0.3 is 43.3 Å². The zero-order chi connectivity index (χ0) is 39.1. The molecule has 0 unspecified atom stereocenters. The Labute approximate surface area is 314 Å². The van der Waals surface area contributed by atoms with Crippen molar-refractivity contribution in [2.45, 2.75) is 63.1 Å². The lowest BCUT2D eigenvalue weighted by Gasteiger charge is -2.33. The summed E-state index contributed by atoms with van der Waals surface area (Å²) in [5.74, 6) is 1.61. The number of phenols is 1. The molecule has 3 aliphatic rings. The van der Waals surface area contributed by atoms with E-state index >= 15 is 0 Å². The maximum Gasteiger partial charge on any atom is 0.573 e. The van der Waals surface area contributed by atoms with Gasteiger partial charge in [-0.1, -0.05) is 0 Å². The third-order valence-corrected chi connectivity index (χ3v) is 9.20. The first-order valence-corrected chi connectivity index (χ1v) is 17.9. The molecule has 296 valence electrons. The molecule has 9 nitrogen and oxygen atoms in total. The van der Waals surface area contributed by atoms with Crippen molar-refractivity contribution in [3.8, 4) is 34.5 Å². The third-order valence-electron chi connectivity index (χ3n) is 9.20. The van der Waals surface area contributed by atoms with Gasteiger partial charge in [-0.3, -0.25) is 0 Å². The van der Waals surface area contributed by atoms with Crippen LogP contribution in [0.15, 0.2) is 97.1 Å². The van der Waals surface area contributed by atoms with Crippen LogP contribution in [0.2, 0.25) is 0 Å². The van der Waals surface area contributed by atoms with Gasteiger partial charge in [-0.05, 0) is 104 Å². The molecule has 1 N–H and O–H groups in total. The zero-order valence-corrected chi connectivity index (χ0v) is 30.0. The van der Waals surface area contributed by atoms with E-state index in [0.717, 1.165) is 75.6 Å². The van der Waals surface area contributed by atoms with Crippen molar-refractivity contribution >= 4 is 11.4 Å². The lowest BCUT2D eigenvalue weighted by Crippen LogP contribution is -2.38. The SMILES string of the molecule is C[C@]1(COc2ccc(N3CCC(Oc4ccc(OC(F)(F)F)cc4)CC3)cc2)CO1.Oc1ccc(N2CCC(Oc3ccc(OC(F)(F)F)cc3)CC2)cc1. The first kappa shape index (κ1) is 39.5. The minimum Gasteiger partial charge on any atom is -0.508 e. The standard InChI is InChI=1S/C22H24F3NO4.C18H18F3NO3/c1-21(15-28-21)14-27-17-4-2-16(3-5-17)26-12-10-19(11-13-26)29-18-6-8-20(9-7-18)30-22(23,24)25;19-18(20,21)25-17-7-5-15(6-8-17)24-16-9-11-22(12-10-16)13-1-3-14(23)4-2-13/h2-9,19H,10-15H2,1H3;1-8,16,23H,9-12H2/t21-;/m0./s1. The Bertz CT molecular complexity index is 1770. The summed E-state index contributed by atoms with van der Waals surface area (Å²) in [6.45, 7) is 6.62. The number of alkyl halides is 6. The van der Waals surface area contributed by atoms with Crippen molar-refractivity contribution in [2.24, 2.45) is 0 Å². The lowest BCUT2D eigenvalue weighted by atomic mass is 10.1. The number of nitrogens with zero attached hydrogens (tertiary/aromatic N) is 2. The van der Waals surface area contributed by atoms with Crippen LogP contribution in [-0.2, 0) is 4.74 Å². The molecule has 0 radical (unpaired) electrons. The first-order chi connectivity index (χ1) is 26.2. The van der Waals surface area contributed by atoms with Crippen molar-refractivity contribution in [1.29, 1.82) is 0 Å². The Balaban J connectivity index is 0.000000190. The number of ether oxygens (including phenoxy) is 6. The van der Waals surface area contributed by atoms with Gasteiger partial charge >= 0.3 is 12.7 Å². The Hall–Kier alpha value is -5.18. The molecule has 3 heterocycles. The monoisotopic (exact) mass is 776 g/mol. The van der Waals surface area contributed by atoms with Crippen molar-refractivity contribution in [1.82, 2.24) is 0 Å². The Morgan fingerprint density at radius 3 is 1.29 bits per heavy atom. The first-order valence-electron chi connectivity index (χ1n) is 17.9. The molecule has 4 aromatic rings. The summed E-state index contributed by atoms with van der Waals surface area (Å²) < 4.78 is 104.